The van der Waals surface area contributed by atoms with Gasteiger partial charge in [-0.15, -0.1) is 0 Å². The fourth-order valence-electron chi connectivity index (χ4n) is 1.92. The largest absolute Gasteiger partial charge is 0.304 e. The molecule has 1 fully saturated rings. The van der Waals surface area contributed by atoms with E-state index in [0.717, 1.165) is 32.7 Å². The molecule has 0 unspecified atom stereocenters. The highest BCUT2D eigenvalue weighted by atomic mass is 79.9. The molecule has 0 aromatic carbocycles. The highest BCUT2D eigenvalue weighted by Crippen LogP contribution is 2.13. The van der Waals surface area contributed by atoms with Crippen molar-refractivity contribution in [3.05, 3.63) is 26.3 Å². The summed E-state index contributed by atoms with van der Waals surface area (Å²) in [5.74, 6) is 0. The minimum Gasteiger partial charge on any atom is -0.304 e. The minimum absolute atomic E-state index is 0.121. The first kappa shape index (κ1) is 14.0. The van der Waals surface area contributed by atoms with E-state index in [1.807, 2.05) is 0 Å². The monoisotopic (exact) mass is 334 g/mol. The number of likely N-dealkylation sites (N-methyl/N-ethyl adjacent to an activating group) is 1. The Hall–Kier alpha value is -0.430. The summed E-state index contributed by atoms with van der Waals surface area (Å²) in [5, 5.41) is 0.218. The molecule has 18 heavy (non-hydrogen) atoms. The average Bonchev–Trinajstić information content (AvgIpc) is 2.37. The molecule has 0 N–H and O–H groups in total. The molecule has 2 rings (SSSR count). The molecule has 5 nitrogen and oxygen atoms in total. The van der Waals surface area contributed by atoms with Crippen LogP contribution in [-0.2, 0) is 6.54 Å². The first-order chi connectivity index (χ1) is 8.58. The zero-order chi connectivity index (χ0) is 13.1. The predicted octanol–water partition coefficient (Wildman–Crippen LogP) is 0.907. The van der Waals surface area contributed by atoms with Crippen LogP contribution in [0.3, 0.4) is 0 Å². The van der Waals surface area contributed by atoms with E-state index in [1.165, 1.54) is 6.33 Å². The third-order valence-corrected chi connectivity index (χ3v) is 4.42. The molecule has 1 aliphatic heterocycles. The van der Waals surface area contributed by atoms with Gasteiger partial charge in [-0.1, -0.05) is 11.6 Å². The standard InChI is InChI=1S/C11H16BrClN4O/c1-15-2-4-16(5-3-15)6-7-17-8-14-10(13)9(12)11(17)18/h8H,2-7H2,1H3. The summed E-state index contributed by atoms with van der Waals surface area (Å²) in [6, 6.07) is 0. The average molecular weight is 336 g/mol. The van der Waals surface area contributed by atoms with Crippen molar-refractivity contribution in [3.63, 3.8) is 0 Å². The van der Waals surface area contributed by atoms with E-state index in [4.69, 9.17) is 11.6 Å². The predicted molar refractivity (Wildman–Crippen MR) is 75.1 cm³/mol. The van der Waals surface area contributed by atoms with Crippen molar-refractivity contribution in [2.75, 3.05) is 39.8 Å². The lowest BCUT2D eigenvalue weighted by Crippen LogP contribution is -2.45. The Balaban J connectivity index is 1.95. The first-order valence-corrected chi connectivity index (χ1v) is 7.06. The minimum atomic E-state index is -0.121. The highest BCUT2D eigenvalue weighted by molar-refractivity contribution is 9.10. The Morgan fingerprint density at radius 2 is 2.00 bits per heavy atom. The number of hydrogen-bond acceptors (Lipinski definition) is 4. The van der Waals surface area contributed by atoms with E-state index >= 15 is 0 Å². The lowest BCUT2D eigenvalue weighted by molar-refractivity contribution is 0.149. The van der Waals surface area contributed by atoms with E-state index in [-0.39, 0.29) is 10.7 Å². The number of rotatable bonds is 3. The van der Waals surface area contributed by atoms with Gasteiger partial charge in [0.25, 0.3) is 5.56 Å². The second-order valence-electron chi connectivity index (χ2n) is 4.49. The smallest absolute Gasteiger partial charge is 0.269 e. The third-order valence-electron chi connectivity index (χ3n) is 3.19. The van der Waals surface area contributed by atoms with Gasteiger partial charge in [-0.2, -0.15) is 0 Å². The molecule has 1 aromatic rings. The van der Waals surface area contributed by atoms with Crippen LogP contribution in [0.4, 0.5) is 0 Å². The van der Waals surface area contributed by atoms with E-state index in [2.05, 4.69) is 37.8 Å². The van der Waals surface area contributed by atoms with Gasteiger partial charge in [0, 0.05) is 39.3 Å². The van der Waals surface area contributed by atoms with Gasteiger partial charge in [-0.3, -0.25) is 14.3 Å². The van der Waals surface area contributed by atoms with Crippen molar-refractivity contribution in [3.8, 4) is 0 Å². The van der Waals surface area contributed by atoms with E-state index in [1.54, 1.807) is 4.57 Å². The van der Waals surface area contributed by atoms with Gasteiger partial charge in [0.1, 0.15) is 4.47 Å². The van der Waals surface area contributed by atoms with E-state index in [9.17, 15) is 4.79 Å². The zero-order valence-electron chi connectivity index (χ0n) is 10.3. The van der Waals surface area contributed by atoms with Gasteiger partial charge < -0.3 is 4.90 Å². The van der Waals surface area contributed by atoms with Crippen molar-refractivity contribution >= 4 is 27.5 Å². The topological polar surface area (TPSA) is 41.4 Å². The summed E-state index contributed by atoms with van der Waals surface area (Å²) >= 11 is 8.92. The van der Waals surface area contributed by atoms with Crippen molar-refractivity contribution < 1.29 is 0 Å². The van der Waals surface area contributed by atoms with Crippen LogP contribution in [0, 0.1) is 0 Å². The molecule has 0 amide bonds. The van der Waals surface area contributed by atoms with Gasteiger partial charge in [-0.05, 0) is 23.0 Å². The normalized spacial score (nSPS) is 18.2. The maximum atomic E-state index is 11.9. The lowest BCUT2D eigenvalue weighted by atomic mass is 10.3. The molecule has 0 radical (unpaired) electrons. The van der Waals surface area contributed by atoms with E-state index < -0.39 is 0 Å². The summed E-state index contributed by atoms with van der Waals surface area (Å²) in [6.07, 6.45) is 1.51. The Morgan fingerprint density at radius 1 is 1.33 bits per heavy atom. The summed E-state index contributed by atoms with van der Waals surface area (Å²) in [4.78, 5) is 20.5. The Morgan fingerprint density at radius 3 is 2.67 bits per heavy atom. The Bertz CT molecular complexity index is 471. The fraction of sp³-hybridized carbons (Fsp3) is 0.636. The quantitative estimate of drug-likeness (QED) is 0.770. The van der Waals surface area contributed by atoms with Crippen molar-refractivity contribution in [2.45, 2.75) is 6.54 Å². The van der Waals surface area contributed by atoms with Crippen molar-refractivity contribution in [1.82, 2.24) is 19.4 Å². The summed E-state index contributed by atoms with van der Waals surface area (Å²) < 4.78 is 1.93. The second kappa shape index (κ2) is 6.14. The third kappa shape index (κ3) is 3.32. The molecule has 0 spiro atoms. The summed E-state index contributed by atoms with van der Waals surface area (Å²) in [7, 11) is 2.13. The van der Waals surface area contributed by atoms with Crippen molar-refractivity contribution in [1.29, 1.82) is 0 Å². The molecule has 1 saturated heterocycles. The lowest BCUT2D eigenvalue weighted by Gasteiger charge is -2.32. The number of halogens is 2. The number of nitrogens with zero attached hydrogens (tertiary/aromatic N) is 4. The molecule has 0 aliphatic carbocycles. The van der Waals surface area contributed by atoms with Gasteiger partial charge in [-0.25, -0.2) is 4.98 Å². The van der Waals surface area contributed by atoms with Crippen LogP contribution in [0.25, 0.3) is 0 Å². The van der Waals surface area contributed by atoms with Crippen LogP contribution >= 0.6 is 27.5 Å². The maximum absolute atomic E-state index is 11.9. The maximum Gasteiger partial charge on any atom is 0.269 e. The van der Waals surface area contributed by atoms with Gasteiger partial charge in [0.2, 0.25) is 0 Å². The summed E-state index contributed by atoms with van der Waals surface area (Å²) in [5.41, 5.74) is -0.121. The summed E-state index contributed by atoms with van der Waals surface area (Å²) in [6.45, 7) is 5.77. The molecule has 7 heteroatoms. The van der Waals surface area contributed by atoms with Gasteiger partial charge >= 0.3 is 0 Å². The Labute approximate surface area is 119 Å². The van der Waals surface area contributed by atoms with Crippen LogP contribution in [0.5, 0.6) is 0 Å². The molecule has 0 saturated carbocycles. The molecule has 0 bridgehead atoms. The van der Waals surface area contributed by atoms with Crippen LogP contribution in [0.1, 0.15) is 0 Å². The zero-order valence-corrected chi connectivity index (χ0v) is 12.6. The van der Waals surface area contributed by atoms with E-state index in [0.29, 0.717) is 11.0 Å². The molecular formula is C11H16BrClN4O. The Kier molecular flexibility index (Phi) is 4.77. The fourth-order valence-corrected chi connectivity index (χ4v) is 2.38. The number of piperazine rings is 1. The molecule has 2 heterocycles. The van der Waals surface area contributed by atoms with Crippen LogP contribution in [-0.4, -0.2) is 59.1 Å². The molecule has 100 valence electrons. The number of hydrogen-bond donors (Lipinski definition) is 0. The highest BCUT2D eigenvalue weighted by Gasteiger charge is 2.14. The SMILES string of the molecule is CN1CCN(CCn2cnc(Cl)c(Br)c2=O)CC1. The van der Waals surface area contributed by atoms with Gasteiger partial charge in [0.05, 0.1) is 6.33 Å². The first-order valence-electron chi connectivity index (χ1n) is 5.89. The number of aromatic nitrogens is 2. The van der Waals surface area contributed by atoms with Crippen LogP contribution < -0.4 is 5.56 Å². The molecular weight excluding hydrogens is 320 g/mol. The molecule has 1 aromatic heterocycles. The van der Waals surface area contributed by atoms with Crippen LogP contribution in [0.15, 0.2) is 15.6 Å². The second-order valence-corrected chi connectivity index (χ2v) is 5.64. The molecule has 1 aliphatic rings. The van der Waals surface area contributed by atoms with Crippen LogP contribution in [0.2, 0.25) is 5.15 Å². The molecule has 0 atom stereocenters. The van der Waals surface area contributed by atoms with Gasteiger partial charge in [0.15, 0.2) is 5.15 Å². The van der Waals surface area contributed by atoms with Crippen molar-refractivity contribution in [2.24, 2.45) is 0 Å².